The molecule has 0 atom stereocenters. The van der Waals surface area contributed by atoms with Gasteiger partial charge in [-0.2, -0.15) is 0 Å². The molecule has 0 rings (SSSR count). The molecule has 0 spiro atoms. The van der Waals surface area contributed by atoms with Crippen LogP contribution in [0.5, 0.6) is 0 Å². The molecule has 11 heavy (non-hydrogen) atoms. The molecule has 1 heteroatoms. The van der Waals surface area contributed by atoms with Crippen LogP contribution in [0.3, 0.4) is 0 Å². The summed E-state index contributed by atoms with van der Waals surface area (Å²) in [5, 5.41) is 0. The van der Waals surface area contributed by atoms with Crippen molar-refractivity contribution >= 4 is 6.29 Å². The van der Waals surface area contributed by atoms with Crippen molar-refractivity contribution in [3.63, 3.8) is 0 Å². The monoisotopic (exact) mass is 152 g/mol. The van der Waals surface area contributed by atoms with Crippen LogP contribution >= 0.6 is 0 Å². The molecule has 0 aliphatic heterocycles. The molecule has 0 aromatic rings. The zero-order valence-electron chi connectivity index (χ0n) is 7.34. The molecule has 0 saturated carbocycles. The fraction of sp³-hybridized carbons (Fsp3) is 0.500. The van der Waals surface area contributed by atoms with Crippen LogP contribution in [0.15, 0.2) is 23.8 Å². The summed E-state index contributed by atoms with van der Waals surface area (Å²) in [6, 6.07) is 0. The predicted octanol–water partition coefficient (Wildman–Crippen LogP) is 2.88. The normalized spacial score (nSPS) is 12.4. The minimum absolute atomic E-state index is 0.846. The van der Waals surface area contributed by atoms with Crippen LogP contribution < -0.4 is 0 Å². The van der Waals surface area contributed by atoms with E-state index in [0.717, 1.165) is 31.1 Å². The Bertz CT molecular complexity index is 154. The van der Waals surface area contributed by atoms with E-state index in [4.69, 9.17) is 0 Å². The Balaban J connectivity index is 3.45. The van der Waals surface area contributed by atoms with Gasteiger partial charge in [-0.05, 0) is 32.3 Å². The Labute approximate surface area is 68.8 Å². The Morgan fingerprint density at radius 3 is 2.64 bits per heavy atom. The summed E-state index contributed by atoms with van der Waals surface area (Å²) in [6.07, 6.45) is 9.91. The number of hydrogen-bond acceptors (Lipinski definition) is 1. The molecular weight excluding hydrogens is 136 g/mol. The van der Waals surface area contributed by atoms with Gasteiger partial charge in [0.2, 0.25) is 0 Å². The van der Waals surface area contributed by atoms with Crippen LogP contribution in [0.1, 0.15) is 33.1 Å². The van der Waals surface area contributed by atoms with E-state index in [1.54, 1.807) is 6.08 Å². The summed E-state index contributed by atoms with van der Waals surface area (Å²) in [5.74, 6) is 0. The third kappa shape index (κ3) is 7.04. The Hall–Kier alpha value is -0.850. The summed E-state index contributed by atoms with van der Waals surface area (Å²) in [4.78, 5) is 10.0. The third-order valence-corrected chi connectivity index (χ3v) is 1.46. The summed E-state index contributed by atoms with van der Waals surface area (Å²) >= 11 is 0. The van der Waals surface area contributed by atoms with Gasteiger partial charge in [0.1, 0.15) is 6.29 Å². The summed E-state index contributed by atoms with van der Waals surface area (Å²) in [5.41, 5.74) is 1.15. The topological polar surface area (TPSA) is 17.1 Å². The van der Waals surface area contributed by atoms with E-state index in [2.05, 4.69) is 19.1 Å². The molecule has 0 fully saturated rings. The third-order valence-electron chi connectivity index (χ3n) is 1.46. The van der Waals surface area contributed by atoms with Crippen LogP contribution in [-0.4, -0.2) is 6.29 Å². The van der Waals surface area contributed by atoms with Gasteiger partial charge in [0, 0.05) is 0 Å². The van der Waals surface area contributed by atoms with Gasteiger partial charge < -0.3 is 0 Å². The van der Waals surface area contributed by atoms with Gasteiger partial charge in [-0.1, -0.05) is 24.6 Å². The van der Waals surface area contributed by atoms with Crippen molar-refractivity contribution in [3.8, 4) is 0 Å². The smallest absolute Gasteiger partial charge is 0.142 e. The quantitative estimate of drug-likeness (QED) is 0.336. The van der Waals surface area contributed by atoms with Gasteiger partial charge >= 0.3 is 0 Å². The number of rotatable bonds is 5. The van der Waals surface area contributed by atoms with Gasteiger partial charge in [-0.3, -0.25) is 4.79 Å². The Morgan fingerprint density at radius 1 is 1.36 bits per heavy atom. The predicted molar refractivity (Wildman–Crippen MR) is 48.5 cm³/mol. The van der Waals surface area contributed by atoms with Gasteiger partial charge in [0.05, 0.1) is 0 Å². The first-order chi connectivity index (χ1) is 5.31. The zero-order chi connectivity index (χ0) is 8.53. The molecule has 0 aromatic carbocycles. The maximum Gasteiger partial charge on any atom is 0.142 e. The van der Waals surface area contributed by atoms with Crippen molar-refractivity contribution in [1.82, 2.24) is 0 Å². The van der Waals surface area contributed by atoms with Crippen LogP contribution in [-0.2, 0) is 4.79 Å². The molecule has 0 aliphatic carbocycles. The van der Waals surface area contributed by atoms with E-state index in [-0.39, 0.29) is 0 Å². The molecule has 0 amide bonds. The minimum Gasteiger partial charge on any atom is -0.299 e. The first-order valence-corrected chi connectivity index (χ1v) is 4.07. The Kier molecular flexibility index (Phi) is 6.70. The lowest BCUT2D eigenvalue weighted by molar-refractivity contribution is -0.104. The molecule has 0 saturated heterocycles. The average molecular weight is 152 g/mol. The average Bonchev–Trinajstić information content (AvgIpc) is 1.99. The molecule has 0 heterocycles. The van der Waals surface area contributed by atoms with E-state index in [1.165, 1.54) is 0 Å². The maximum atomic E-state index is 10.0. The summed E-state index contributed by atoms with van der Waals surface area (Å²) in [6.45, 7) is 4.10. The van der Waals surface area contributed by atoms with Gasteiger partial charge in [-0.15, -0.1) is 0 Å². The largest absolute Gasteiger partial charge is 0.299 e. The molecule has 0 aliphatic rings. The molecule has 0 N–H and O–H groups in total. The number of hydrogen-bond donors (Lipinski definition) is 0. The van der Waals surface area contributed by atoms with Gasteiger partial charge in [-0.25, -0.2) is 0 Å². The molecule has 0 unspecified atom stereocenters. The lowest BCUT2D eigenvalue weighted by atomic mass is 10.1. The molecule has 62 valence electrons. The van der Waals surface area contributed by atoms with Crippen molar-refractivity contribution < 1.29 is 4.79 Å². The van der Waals surface area contributed by atoms with Crippen molar-refractivity contribution in [2.75, 3.05) is 0 Å². The maximum absolute atomic E-state index is 10.0. The lowest BCUT2D eigenvalue weighted by Crippen LogP contribution is -1.76. The molecule has 0 aromatic heterocycles. The fourth-order valence-corrected chi connectivity index (χ4v) is 0.795. The number of carbonyl (C=O) groups excluding carboxylic acids is 1. The van der Waals surface area contributed by atoms with Crippen molar-refractivity contribution in [2.24, 2.45) is 0 Å². The molecule has 0 bridgehead atoms. The zero-order valence-corrected chi connectivity index (χ0v) is 7.34. The van der Waals surface area contributed by atoms with Crippen LogP contribution in [0.25, 0.3) is 0 Å². The number of aldehydes is 1. The van der Waals surface area contributed by atoms with Gasteiger partial charge in [0.25, 0.3) is 0 Å². The number of allylic oxidation sites excluding steroid dienone is 4. The highest BCUT2D eigenvalue weighted by Crippen LogP contribution is 2.03. The molecule has 0 radical (unpaired) electrons. The van der Waals surface area contributed by atoms with E-state index < -0.39 is 0 Å². The highest BCUT2D eigenvalue weighted by molar-refractivity contribution is 5.65. The second-order valence-corrected chi connectivity index (χ2v) is 2.57. The highest BCUT2D eigenvalue weighted by atomic mass is 16.1. The highest BCUT2D eigenvalue weighted by Gasteiger charge is 1.85. The SMILES string of the molecule is CC/C=C/CC/C(C)=C/C=O. The van der Waals surface area contributed by atoms with Crippen molar-refractivity contribution in [2.45, 2.75) is 33.1 Å². The van der Waals surface area contributed by atoms with Crippen LogP contribution in [0.4, 0.5) is 0 Å². The van der Waals surface area contributed by atoms with Crippen molar-refractivity contribution in [3.05, 3.63) is 23.8 Å². The van der Waals surface area contributed by atoms with E-state index >= 15 is 0 Å². The van der Waals surface area contributed by atoms with E-state index in [1.807, 2.05) is 6.92 Å². The minimum atomic E-state index is 0.846. The van der Waals surface area contributed by atoms with E-state index in [0.29, 0.717) is 0 Å². The second-order valence-electron chi connectivity index (χ2n) is 2.57. The van der Waals surface area contributed by atoms with Crippen molar-refractivity contribution in [1.29, 1.82) is 0 Å². The molecular formula is C10H16O. The fourth-order valence-electron chi connectivity index (χ4n) is 0.795. The lowest BCUT2D eigenvalue weighted by Gasteiger charge is -1.93. The Morgan fingerprint density at radius 2 is 2.09 bits per heavy atom. The van der Waals surface area contributed by atoms with Gasteiger partial charge in [0.15, 0.2) is 0 Å². The van der Waals surface area contributed by atoms with Crippen LogP contribution in [0.2, 0.25) is 0 Å². The standard InChI is InChI=1S/C10H16O/c1-3-4-5-6-7-10(2)8-9-11/h4-5,8-9H,3,6-7H2,1-2H3/b5-4+,10-8+. The van der Waals surface area contributed by atoms with E-state index in [9.17, 15) is 4.79 Å². The number of carbonyl (C=O) groups is 1. The summed E-state index contributed by atoms with van der Waals surface area (Å²) < 4.78 is 0. The van der Waals surface area contributed by atoms with Crippen LogP contribution in [0, 0.1) is 0 Å². The first kappa shape index (κ1) is 10.2. The second kappa shape index (κ2) is 7.26. The summed E-state index contributed by atoms with van der Waals surface area (Å²) in [7, 11) is 0. The first-order valence-electron chi connectivity index (χ1n) is 4.07. The molecule has 1 nitrogen and oxygen atoms in total.